The fourth-order valence-electron chi connectivity index (χ4n) is 2.25. The molecule has 1 heterocycles. The summed E-state index contributed by atoms with van der Waals surface area (Å²) in [6, 6.07) is 9.41. The second-order valence-corrected chi connectivity index (χ2v) is 4.96. The van der Waals surface area contributed by atoms with Gasteiger partial charge in [-0.2, -0.15) is 5.10 Å². The molecule has 1 aromatic carbocycles. The topological polar surface area (TPSA) is 83.5 Å². The predicted molar refractivity (Wildman–Crippen MR) is 87.7 cm³/mol. The molecule has 0 saturated heterocycles. The van der Waals surface area contributed by atoms with Crippen LogP contribution in [0.1, 0.15) is 44.6 Å². The van der Waals surface area contributed by atoms with Crippen molar-refractivity contribution in [3.8, 4) is 0 Å². The van der Waals surface area contributed by atoms with E-state index in [0.717, 1.165) is 5.56 Å². The summed E-state index contributed by atoms with van der Waals surface area (Å²) in [6.07, 6.45) is 1.55. The van der Waals surface area contributed by atoms with Gasteiger partial charge in [-0.1, -0.05) is 30.3 Å². The van der Waals surface area contributed by atoms with E-state index in [1.54, 1.807) is 27.0 Å². The van der Waals surface area contributed by atoms with Crippen LogP contribution in [-0.4, -0.2) is 29.7 Å². The van der Waals surface area contributed by atoms with Crippen molar-refractivity contribution in [1.29, 1.82) is 0 Å². The molecule has 0 bridgehead atoms. The molecule has 120 valence electrons. The molecule has 0 radical (unpaired) electrons. The molecular weight excluding hydrogens is 294 g/mol. The number of aromatic nitrogens is 1. The average Bonchev–Trinajstić information content (AvgIpc) is 2.83. The maximum absolute atomic E-state index is 12.2. The highest BCUT2D eigenvalue weighted by Crippen LogP contribution is 2.19. The molecule has 0 unspecified atom stereocenters. The Morgan fingerprint density at radius 1 is 1.26 bits per heavy atom. The Hall–Kier alpha value is -2.89. The second-order valence-electron chi connectivity index (χ2n) is 4.96. The van der Waals surface area contributed by atoms with Gasteiger partial charge in [-0.05, 0) is 31.9 Å². The van der Waals surface area contributed by atoms with Gasteiger partial charge in [-0.3, -0.25) is 4.79 Å². The number of nitrogens with zero attached hydrogens (tertiary/aromatic N) is 1. The Balaban J connectivity index is 2.12. The van der Waals surface area contributed by atoms with Crippen molar-refractivity contribution in [3.05, 3.63) is 58.4 Å². The van der Waals surface area contributed by atoms with E-state index in [1.165, 1.54) is 0 Å². The lowest BCUT2D eigenvalue weighted by Gasteiger charge is -2.02. The van der Waals surface area contributed by atoms with Crippen molar-refractivity contribution in [1.82, 2.24) is 10.4 Å². The Bertz CT molecular complexity index is 733. The lowest BCUT2D eigenvalue weighted by Crippen LogP contribution is -2.19. The molecule has 1 amide bonds. The maximum atomic E-state index is 12.2. The van der Waals surface area contributed by atoms with Crippen LogP contribution in [-0.2, 0) is 4.74 Å². The van der Waals surface area contributed by atoms with Gasteiger partial charge in [0, 0.05) is 5.69 Å². The third-order valence-electron chi connectivity index (χ3n) is 3.32. The van der Waals surface area contributed by atoms with Crippen LogP contribution in [0.3, 0.4) is 0 Å². The number of carbonyl (C=O) groups excluding carboxylic acids is 2. The van der Waals surface area contributed by atoms with E-state index in [-0.39, 0.29) is 6.61 Å². The summed E-state index contributed by atoms with van der Waals surface area (Å²) >= 11 is 0. The zero-order chi connectivity index (χ0) is 16.8. The van der Waals surface area contributed by atoms with Gasteiger partial charge in [0.05, 0.1) is 18.4 Å². The van der Waals surface area contributed by atoms with Crippen LogP contribution in [0.5, 0.6) is 0 Å². The molecular formula is C17H19N3O3. The third kappa shape index (κ3) is 3.85. The first-order valence-electron chi connectivity index (χ1n) is 7.29. The summed E-state index contributed by atoms with van der Waals surface area (Å²) in [7, 11) is 0. The van der Waals surface area contributed by atoms with Crippen LogP contribution < -0.4 is 5.43 Å². The first-order valence-corrected chi connectivity index (χ1v) is 7.29. The van der Waals surface area contributed by atoms with Gasteiger partial charge in [-0.15, -0.1) is 0 Å². The van der Waals surface area contributed by atoms with E-state index in [0.29, 0.717) is 22.5 Å². The quantitative estimate of drug-likeness (QED) is 0.505. The van der Waals surface area contributed by atoms with Crippen molar-refractivity contribution in [2.45, 2.75) is 20.8 Å². The summed E-state index contributed by atoms with van der Waals surface area (Å²) in [4.78, 5) is 27.0. The molecule has 0 aliphatic carbocycles. The SMILES string of the molecule is CCOC(=O)c1c(C)[nH]c(C(=O)N/N=C\c2ccccc2)c1C. The van der Waals surface area contributed by atoms with Crippen LogP contribution in [0, 0.1) is 13.8 Å². The number of amides is 1. The number of hydrogen-bond acceptors (Lipinski definition) is 4. The van der Waals surface area contributed by atoms with E-state index in [2.05, 4.69) is 15.5 Å². The molecule has 0 aliphatic rings. The molecule has 1 aromatic heterocycles. The molecule has 23 heavy (non-hydrogen) atoms. The first-order chi connectivity index (χ1) is 11.0. The van der Waals surface area contributed by atoms with Crippen molar-refractivity contribution in [3.63, 3.8) is 0 Å². The summed E-state index contributed by atoms with van der Waals surface area (Å²) in [5.41, 5.74) is 5.16. The standard InChI is InChI=1S/C17H19N3O3/c1-4-23-17(22)14-11(2)15(19-12(14)3)16(21)20-18-10-13-8-6-5-7-9-13/h5-10,19H,4H2,1-3H3,(H,20,21)/b18-10-. The van der Waals surface area contributed by atoms with Gasteiger partial charge in [-0.25, -0.2) is 10.2 Å². The highest BCUT2D eigenvalue weighted by Gasteiger charge is 2.22. The van der Waals surface area contributed by atoms with Crippen LogP contribution in [0.2, 0.25) is 0 Å². The molecule has 0 aliphatic heterocycles. The van der Waals surface area contributed by atoms with Crippen molar-refractivity contribution in [2.24, 2.45) is 5.10 Å². The van der Waals surface area contributed by atoms with E-state index in [9.17, 15) is 9.59 Å². The van der Waals surface area contributed by atoms with Gasteiger partial charge in [0.1, 0.15) is 5.69 Å². The van der Waals surface area contributed by atoms with Crippen LogP contribution >= 0.6 is 0 Å². The molecule has 6 nitrogen and oxygen atoms in total. The summed E-state index contributed by atoms with van der Waals surface area (Å²) in [5.74, 6) is -0.848. The number of esters is 1. The Morgan fingerprint density at radius 3 is 2.61 bits per heavy atom. The normalized spacial score (nSPS) is 10.7. The minimum atomic E-state index is -0.439. The van der Waals surface area contributed by atoms with E-state index >= 15 is 0 Å². The number of hydrazone groups is 1. The maximum Gasteiger partial charge on any atom is 0.340 e. The second kappa shape index (κ2) is 7.40. The Kier molecular flexibility index (Phi) is 5.30. The fraction of sp³-hybridized carbons (Fsp3) is 0.235. The van der Waals surface area contributed by atoms with Crippen molar-refractivity contribution < 1.29 is 14.3 Å². The van der Waals surface area contributed by atoms with Crippen LogP contribution in [0.15, 0.2) is 35.4 Å². The minimum absolute atomic E-state index is 0.284. The Morgan fingerprint density at radius 2 is 1.96 bits per heavy atom. The number of nitrogens with one attached hydrogen (secondary N) is 2. The number of H-pyrrole nitrogens is 1. The highest BCUT2D eigenvalue weighted by atomic mass is 16.5. The van der Waals surface area contributed by atoms with Crippen LogP contribution in [0.4, 0.5) is 0 Å². The fourth-order valence-corrected chi connectivity index (χ4v) is 2.25. The number of rotatable bonds is 5. The molecule has 2 rings (SSSR count). The predicted octanol–water partition coefficient (Wildman–Crippen LogP) is 2.57. The summed E-state index contributed by atoms with van der Waals surface area (Å²) in [5, 5.41) is 3.92. The number of carbonyl (C=O) groups is 2. The lowest BCUT2D eigenvalue weighted by molar-refractivity contribution is 0.0525. The first kappa shape index (κ1) is 16.5. The molecule has 0 fully saturated rings. The number of aromatic amines is 1. The summed E-state index contributed by atoms with van der Waals surface area (Å²) in [6.45, 7) is 5.45. The van der Waals surface area contributed by atoms with Gasteiger partial charge in [0.2, 0.25) is 0 Å². The number of ether oxygens (including phenoxy) is 1. The average molecular weight is 313 g/mol. The zero-order valence-electron chi connectivity index (χ0n) is 13.3. The molecule has 0 spiro atoms. The largest absolute Gasteiger partial charge is 0.462 e. The highest BCUT2D eigenvalue weighted by molar-refractivity contribution is 6.00. The van der Waals surface area contributed by atoms with E-state index in [1.807, 2.05) is 30.3 Å². The smallest absolute Gasteiger partial charge is 0.340 e. The van der Waals surface area contributed by atoms with Gasteiger partial charge in [0.25, 0.3) is 5.91 Å². The summed E-state index contributed by atoms with van der Waals surface area (Å²) < 4.78 is 5.00. The number of hydrogen-bond donors (Lipinski definition) is 2. The minimum Gasteiger partial charge on any atom is -0.462 e. The van der Waals surface area contributed by atoms with Crippen LogP contribution in [0.25, 0.3) is 0 Å². The molecule has 6 heteroatoms. The van der Waals surface area contributed by atoms with E-state index < -0.39 is 11.9 Å². The molecule has 0 atom stereocenters. The lowest BCUT2D eigenvalue weighted by atomic mass is 10.1. The zero-order valence-corrected chi connectivity index (χ0v) is 13.3. The van der Waals surface area contributed by atoms with Gasteiger partial charge >= 0.3 is 5.97 Å². The van der Waals surface area contributed by atoms with Crippen molar-refractivity contribution >= 4 is 18.1 Å². The third-order valence-corrected chi connectivity index (χ3v) is 3.32. The van der Waals surface area contributed by atoms with E-state index in [4.69, 9.17) is 4.74 Å². The Labute approximate surface area is 134 Å². The molecule has 2 aromatic rings. The molecule has 2 N–H and O–H groups in total. The van der Waals surface area contributed by atoms with Gasteiger partial charge < -0.3 is 9.72 Å². The van der Waals surface area contributed by atoms with Gasteiger partial charge in [0.15, 0.2) is 0 Å². The molecule has 0 saturated carbocycles. The number of aryl methyl sites for hydroxylation is 1. The van der Waals surface area contributed by atoms with Crippen molar-refractivity contribution in [2.75, 3.05) is 6.61 Å². The number of benzene rings is 1. The monoisotopic (exact) mass is 313 g/mol.